The molecule has 0 unspecified atom stereocenters. The van der Waals surface area contributed by atoms with Crippen molar-refractivity contribution in [3.8, 4) is 39.6 Å². The zero-order valence-corrected chi connectivity index (χ0v) is 25.2. The predicted molar refractivity (Wildman–Crippen MR) is 194 cm³/mol. The number of fused-ring (bicyclic) bond motifs is 4. The predicted octanol–water partition coefficient (Wildman–Crippen LogP) is 11.9. The van der Waals surface area contributed by atoms with Crippen molar-refractivity contribution in [2.75, 3.05) is 0 Å². The number of hydrogen-bond donors (Lipinski definition) is 0. The van der Waals surface area contributed by atoms with Gasteiger partial charge in [0.15, 0.2) is 0 Å². The lowest BCUT2D eigenvalue weighted by molar-refractivity contribution is 0.669. The molecular formula is C44H24N2O. The molecule has 0 aliphatic carbocycles. The van der Waals surface area contributed by atoms with Crippen molar-refractivity contribution in [1.82, 2.24) is 4.98 Å². The number of furan rings is 1. The van der Waals surface area contributed by atoms with Crippen LogP contribution in [0.15, 0.2) is 150 Å². The van der Waals surface area contributed by atoms with Gasteiger partial charge in [-0.1, -0.05) is 97.1 Å². The van der Waals surface area contributed by atoms with Crippen molar-refractivity contribution in [2.45, 2.75) is 0 Å². The summed E-state index contributed by atoms with van der Waals surface area (Å²) in [6, 6.07) is 51.5. The molecule has 0 amide bonds. The zero-order valence-electron chi connectivity index (χ0n) is 25.2. The SMILES string of the molecule is N#Cc1ccc2oc3ccc(-c4ccc(-c5ccc6ccc7c(-c8ccccn8)ccc8ccc5c6c87)c5ccccc45)cc3c2c1. The molecule has 0 saturated carbocycles. The van der Waals surface area contributed by atoms with Crippen LogP contribution >= 0.6 is 0 Å². The standard InChI is InChI=1S/C44H24N2O/c45-25-26-8-20-41-38(23-26)39-24-29(13-21-42(39)47-41)30-18-19-33(32-6-2-1-5-31(30)32)34-14-9-27-12-17-37-35(40-7-3-4-22-46-40)15-10-28-11-16-36(34)43(27)44(28)37/h1-24H. The quantitative estimate of drug-likeness (QED) is 0.191. The Labute approximate surface area is 269 Å². The lowest BCUT2D eigenvalue weighted by Gasteiger charge is -2.18. The van der Waals surface area contributed by atoms with E-state index < -0.39 is 0 Å². The summed E-state index contributed by atoms with van der Waals surface area (Å²) in [5.74, 6) is 0. The van der Waals surface area contributed by atoms with Crippen LogP contribution in [0.3, 0.4) is 0 Å². The number of aromatic nitrogens is 1. The van der Waals surface area contributed by atoms with Crippen molar-refractivity contribution >= 4 is 65.0 Å². The molecule has 3 nitrogen and oxygen atoms in total. The minimum atomic E-state index is 0.627. The fraction of sp³-hybridized carbons (Fsp3) is 0. The number of rotatable bonds is 3. The molecule has 0 spiro atoms. The van der Waals surface area contributed by atoms with E-state index in [0.29, 0.717) is 5.56 Å². The maximum absolute atomic E-state index is 9.50. The van der Waals surface area contributed by atoms with E-state index >= 15 is 0 Å². The summed E-state index contributed by atoms with van der Waals surface area (Å²) in [7, 11) is 0. The summed E-state index contributed by atoms with van der Waals surface area (Å²) in [6.45, 7) is 0. The minimum absolute atomic E-state index is 0.627. The lowest BCUT2D eigenvalue weighted by Crippen LogP contribution is -1.91. The molecule has 3 heteroatoms. The van der Waals surface area contributed by atoms with Gasteiger partial charge in [-0.2, -0.15) is 5.26 Å². The smallest absolute Gasteiger partial charge is 0.135 e. The maximum Gasteiger partial charge on any atom is 0.135 e. The average molecular weight is 597 g/mol. The molecule has 0 aliphatic rings. The molecule has 10 aromatic rings. The van der Waals surface area contributed by atoms with E-state index in [4.69, 9.17) is 4.42 Å². The first-order chi connectivity index (χ1) is 23.2. The van der Waals surface area contributed by atoms with Gasteiger partial charge >= 0.3 is 0 Å². The first-order valence-corrected chi connectivity index (χ1v) is 15.8. The summed E-state index contributed by atoms with van der Waals surface area (Å²) in [5, 5.41) is 21.4. The molecular weight excluding hydrogens is 572 g/mol. The summed E-state index contributed by atoms with van der Waals surface area (Å²) in [4.78, 5) is 4.68. The van der Waals surface area contributed by atoms with Gasteiger partial charge in [-0.05, 0) is 108 Å². The number of nitrogens with zero attached hydrogens (tertiary/aromatic N) is 2. The second-order valence-electron chi connectivity index (χ2n) is 12.2. The second-order valence-corrected chi connectivity index (χ2v) is 12.2. The van der Waals surface area contributed by atoms with E-state index in [1.165, 1.54) is 54.2 Å². The molecule has 0 atom stereocenters. The van der Waals surface area contributed by atoms with Gasteiger partial charge in [-0.25, -0.2) is 0 Å². The third-order valence-electron chi connectivity index (χ3n) is 9.73. The molecule has 10 rings (SSSR count). The van der Waals surface area contributed by atoms with Crippen LogP contribution in [-0.2, 0) is 0 Å². The Hall–Kier alpha value is -6.50. The first kappa shape index (κ1) is 25.8. The lowest BCUT2D eigenvalue weighted by atomic mass is 9.86. The van der Waals surface area contributed by atoms with Crippen LogP contribution in [0.1, 0.15) is 5.56 Å². The van der Waals surface area contributed by atoms with E-state index in [1.807, 2.05) is 36.5 Å². The van der Waals surface area contributed by atoms with E-state index in [2.05, 4.69) is 114 Å². The van der Waals surface area contributed by atoms with E-state index in [1.54, 1.807) is 6.07 Å². The second kappa shape index (κ2) is 9.75. The summed E-state index contributed by atoms with van der Waals surface area (Å²) in [5.41, 5.74) is 9.08. The number of pyridine rings is 1. The highest BCUT2D eigenvalue weighted by Gasteiger charge is 2.18. The molecule has 0 radical (unpaired) electrons. The Morgan fingerprint density at radius 3 is 1.81 bits per heavy atom. The molecule has 0 N–H and O–H groups in total. The highest BCUT2D eigenvalue weighted by atomic mass is 16.3. The molecule has 216 valence electrons. The van der Waals surface area contributed by atoms with E-state index in [0.717, 1.165) is 44.3 Å². The Kier molecular flexibility index (Phi) is 5.35. The fourth-order valence-electron chi connectivity index (χ4n) is 7.58. The molecule has 2 heterocycles. The summed E-state index contributed by atoms with van der Waals surface area (Å²) in [6.07, 6.45) is 1.86. The van der Waals surface area contributed by atoms with Gasteiger partial charge in [0.25, 0.3) is 0 Å². The van der Waals surface area contributed by atoms with Crippen molar-refractivity contribution in [3.05, 3.63) is 151 Å². The normalized spacial score (nSPS) is 11.8. The van der Waals surface area contributed by atoms with Crippen LogP contribution in [0.5, 0.6) is 0 Å². The number of nitriles is 1. The molecule has 0 saturated heterocycles. The van der Waals surface area contributed by atoms with Crippen LogP contribution < -0.4 is 0 Å². The zero-order chi connectivity index (χ0) is 31.1. The molecule has 0 bridgehead atoms. The fourth-order valence-corrected chi connectivity index (χ4v) is 7.58. The Morgan fingerprint density at radius 2 is 1.06 bits per heavy atom. The highest BCUT2D eigenvalue weighted by molar-refractivity contribution is 6.28. The number of hydrogen-bond acceptors (Lipinski definition) is 3. The summed E-state index contributed by atoms with van der Waals surface area (Å²) >= 11 is 0. The van der Waals surface area contributed by atoms with Gasteiger partial charge in [0.2, 0.25) is 0 Å². The monoisotopic (exact) mass is 596 g/mol. The van der Waals surface area contributed by atoms with Crippen molar-refractivity contribution in [3.63, 3.8) is 0 Å². The minimum Gasteiger partial charge on any atom is -0.456 e. The third-order valence-corrected chi connectivity index (χ3v) is 9.73. The van der Waals surface area contributed by atoms with Crippen molar-refractivity contribution in [1.29, 1.82) is 5.26 Å². The van der Waals surface area contributed by atoms with Gasteiger partial charge in [0, 0.05) is 22.5 Å². The largest absolute Gasteiger partial charge is 0.456 e. The number of benzene rings is 8. The molecule has 8 aromatic carbocycles. The van der Waals surface area contributed by atoms with Crippen LogP contribution in [0, 0.1) is 11.3 Å². The van der Waals surface area contributed by atoms with Crippen LogP contribution in [0.25, 0.3) is 98.5 Å². The van der Waals surface area contributed by atoms with Gasteiger partial charge in [-0.3, -0.25) is 4.98 Å². The van der Waals surface area contributed by atoms with E-state index in [-0.39, 0.29) is 0 Å². The van der Waals surface area contributed by atoms with Crippen LogP contribution in [0.4, 0.5) is 0 Å². The molecule has 2 aromatic heterocycles. The molecule has 47 heavy (non-hydrogen) atoms. The van der Waals surface area contributed by atoms with Crippen molar-refractivity contribution in [2.24, 2.45) is 0 Å². The Bertz CT molecular complexity index is 2910. The van der Waals surface area contributed by atoms with Crippen LogP contribution in [-0.4, -0.2) is 4.98 Å². The summed E-state index contributed by atoms with van der Waals surface area (Å²) < 4.78 is 6.12. The van der Waals surface area contributed by atoms with Gasteiger partial charge in [0.05, 0.1) is 17.3 Å². The first-order valence-electron chi connectivity index (χ1n) is 15.8. The van der Waals surface area contributed by atoms with Gasteiger partial charge in [-0.15, -0.1) is 0 Å². The highest BCUT2D eigenvalue weighted by Crippen LogP contribution is 2.44. The van der Waals surface area contributed by atoms with Crippen molar-refractivity contribution < 1.29 is 4.42 Å². The molecule has 0 aliphatic heterocycles. The average Bonchev–Trinajstić information content (AvgIpc) is 3.51. The third kappa shape index (κ3) is 3.76. The van der Waals surface area contributed by atoms with E-state index in [9.17, 15) is 5.26 Å². The topological polar surface area (TPSA) is 49.8 Å². The Balaban J connectivity index is 1.20. The van der Waals surface area contributed by atoms with Gasteiger partial charge in [0.1, 0.15) is 11.2 Å². The Morgan fingerprint density at radius 1 is 0.468 bits per heavy atom. The van der Waals surface area contributed by atoms with Crippen LogP contribution in [0.2, 0.25) is 0 Å². The molecule has 0 fully saturated rings. The van der Waals surface area contributed by atoms with Gasteiger partial charge < -0.3 is 4.42 Å². The maximum atomic E-state index is 9.50.